The van der Waals surface area contributed by atoms with Gasteiger partial charge in [0.2, 0.25) is 5.91 Å². The molecule has 0 bridgehead atoms. The molecule has 8 nitrogen and oxygen atoms in total. The fraction of sp³-hybridized carbons (Fsp3) is 0.455. The van der Waals surface area contributed by atoms with Crippen LogP contribution in [0.15, 0.2) is 42.0 Å². The van der Waals surface area contributed by atoms with Gasteiger partial charge in [0.1, 0.15) is 17.0 Å². The second-order valence-corrected chi connectivity index (χ2v) is 10.2. The molecule has 1 N–H and O–H groups in total. The van der Waals surface area contributed by atoms with Gasteiger partial charge >= 0.3 is 17.7 Å². The first-order valence-electron chi connectivity index (χ1n) is 10.0. The standard InChI is InChI=1S/C22H24N2O6S/c1-12-14-11-16(26)29-22(14,20(28)30-21(2,3)4)24-18(27)17(19(24)31-12)23-15(25)10-13-8-6-5-7-9-13/h5-9,11-12,17,19H,10H2,1-4H3,(H,23,25)/t12-,17+,19+,22?/m0/s1. The molecular formula is C22H24N2O6S. The van der Waals surface area contributed by atoms with Gasteiger partial charge in [-0.2, -0.15) is 0 Å². The summed E-state index contributed by atoms with van der Waals surface area (Å²) < 4.78 is 11.0. The molecule has 3 aliphatic heterocycles. The third-order valence-electron chi connectivity index (χ3n) is 5.28. The first kappa shape index (κ1) is 21.4. The molecule has 9 heteroatoms. The van der Waals surface area contributed by atoms with Crippen molar-refractivity contribution in [2.24, 2.45) is 0 Å². The number of amides is 2. The number of esters is 2. The molecule has 2 saturated heterocycles. The van der Waals surface area contributed by atoms with Gasteiger partial charge in [0.05, 0.1) is 6.42 Å². The highest BCUT2D eigenvalue weighted by molar-refractivity contribution is 8.00. The number of carbonyl (C=O) groups excluding carboxylic acids is 4. The van der Waals surface area contributed by atoms with Crippen LogP contribution in [0.4, 0.5) is 0 Å². The third-order valence-corrected chi connectivity index (χ3v) is 6.70. The summed E-state index contributed by atoms with van der Waals surface area (Å²) in [6.07, 6.45) is 1.39. The Hall–Kier alpha value is -2.81. The molecule has 4 atom stereocenters. The lowest BCUT2D eigenvalue weighted by Crippen LogP contribution is -2.80. The van der Waals surface area contributed by atoms with Gasteiger partial charge in [-0.15, -0.1) is 11.8 Å². The van der Waals surface area contributed by atoms with Crippen molar-refractivity contribution in [3.05, 3.63) is 47.5 Å². The molecular weight excluding hydrogens is 420 g/mol. The number of β-lactam (4-membered cyclic amide) rings is 1. The number of hydrogen-bond acceptors (Lipinski definition) is 7. The smallest absolute Gasteiger partial charge is 0.378 e. The van der Waals surface area contributed by atoms with Gasteiger partial charge in [-0.1, -0.05) is 30.3 Å². The van der Waals surface area contributed by atoms with Crippen molar-refractivity contribution in [2.45, 2.75) is 62.1 Å². The van der Waals surface area contributed by atoms with Gasteiger partial charge in [-0.25, -0.2) is 9.59 Å². The summed E-state index contributed by atoms with van der Waals surface area (Å²) in [5, 5.41) is 1.92. The van der Waals surface area contributed by atoms with E-state index >= 15 is 0 Å². The Labute approximate surface area is 184 Å². The molecule has 1 unspecified atom stereocenters. The molecule has 0 saturated carbocycles. The minimum Gasteiger partial charge on any atom is -0.455 e. The fourth-order valence-corrected chi connectivity index (χ4v) is 5.51. The van der Waals surface area contributed by atoms with Crippen LogP contribution < -0.4 is 5.32 Å². The quantitative estimate of drug-likeness (QED) is 0.555. The monoisotopic (exact) mass is 444 g/mol. The lowest BCUT2D eigenvalue weighted by Gasteiger charge is -2.57. The number of hydrogen-bond donors (Lipinski definition) is 1. The summed E-state index contributed by atoms with van der Waals surface area (Å²) in [6, 6.07) is 8.38. The number of nitrogens with one attached hydrogen (secondary N) is 1. The maximum atomic E-state index is 13.2. The number of rotatable bonds is 4. The van der Waals surface area contributed by atoms with Crippen molar-refractivity contribution in [3.8, 4) is 0 Å². The lowest BCUT2D eigenvalue weighted by molar-refractivity contribution is -0.214. The van der Waals surface area contributed by atoms with E-state index in [1.165, 1.54) is 22.7 Å². The molecule has 4 rings (SSSR count). The zero-order chi connectivity index (χ0) is 22.6. The number of ether oxygens (including phenoxy) is 2. The van der Waals surface area contributed by atoms with Gasteiger partial charge in [-0.05, 0) is 33.3 Å². The van der Waals surface area contributed by atoms with E-state index in [1.54, 1.807) is 20.8 Å². The minimum atomic E-state index is -1.92. The van der Waals surface area contributed by atoms with E-state index in [9.17, 15) is 19.2 Å². The minimum absolute atomic E-state index is 0.134. The van der Waals surface area contributed by atoms with Gasteiger partial charge in [0.25, 0.3) is 5.91 Å². The average molecular weight is 445 g/mol. The molecule has 31 heavy (non-hydrogen) atoms. The van der Waals surface area contributed by atoms with Crippen LogP contribution in [-0.2, 0) is 35.1 Å². The summed E-state index contributed by atoms with van der Waals surface area (Å²) >= 11 is 1.39. The third kappa shape index (κ3) is 3.60. The second kappa shape index (κ2) is 7.40. The molecule has 1 aromatic rings. The molecule has 0 spiro atoms. The Morgan fingerprint density at radius 1 is 1.23 bits per heavy atom. The Bertz CT molecular complexity index is 985. The Kier molecular flexibility index (Phi) is 5.12. The lowest BCUT2D eigenvalue weighted by atomic mass is 9.91. The zero-order valence-electron chi connectivity index (χ0n) is 17.7. The van der Waals surface area contributed by atoms with Crippen molar-refractivity contribution in [1.82, 2.24) is 10.2 Å². The first-order valence-corrected chi connectivity index (χ1v) is 11.0. The van der Waals surface area contributed by atoms with E-state index in [2.05, 4.69) is 5.32 Å². The summed E-state index contributed by atoms with van der Waals surface area (Å²) in [6.45, 7) is 6.93. The number of carbonyl (C=O) groups is 4. The SMILES string of the molecule is C[C@@H]1S[C@@H]2[C@H](NC(=O)Cc3ccccc3)C(=O)N2C2(C(=O)OC(C)(C)C)OC(=O)C=C12. The second-order valence-electron chi connectivity index (χ2n) is 8.75. The topological polar surface area (TPSA) is 102 Å². The van der Waals surface area contributed by atoms with Crippen LogP contribution in [-0.4, -0.2) is 56.6 Å². The summed E-state index contributed by atoms with van der Waals surface area (Å²) in [7, 11) is 0. The molecule has 3 aliphatic rings. The van der Waals surface area contributed by atoms with E-state index in [0.29, 0.717) is 5.57 Å². The largest absolute Gasteiger partial charge is 0.455 e. The van der Waals surface area contributed by atoms with E-state index in [-0.39, 0.29) is 17.6 Å². The van der Waals surface area contributed by atoms with Crippen LogP contribution in [0, 0.1) is 0 Å². The van der Waals surface area contributed by atoms with Crippen molar-refractivity contribution in [1.29, 1.82) is 0 Å². The molecule has 2 amide bonds. The first-order chi connectivity index (χ1) is 14.5. The molecule has 3 heterocycles. The number of thioether (sulfide) groups is 1. The Balaban J connectivity index is 1.58. The van der Waals surface area contributed by atoms with Gasteiger partial charge < -0.3 is 14.8 Å². The van der Waals surface area contributed by atoms with Crippen molar-refractivity contribution in [2.75, 3.05) is 0 Å². The number of fused-ring (bicyclic) bond motifs is 3. The highest BCUT2D eigenvalue weighted by Gasteiger charge is 2.71. The van der Waals surface area contributed by atoms with Crippen LogP contribution >= 0.6 is 11.8 Å². The highest BCUT2D eigenvalue weighted by Crippen LogP contribution is 2.53. The highest BCUT2D eigenvalue weighted by atomic mass is 32.2. The Morgan fingerprint density at radius 2 is 1.90 bits per heavy atom. The van der Waals surface area contributed by atoms with Crippen LogP contribution in [0.3, 0.4) is 0 Å². The predicted molar refractivity (Wildman–Crippen MR) is 113 cm³/mol. The van der Waals surface area contributed by atoms with Crippen molar-refractivity contribution in [3.63, 3.8) is 0 Å². The maximum Gasteiger partial charge on any atom is 0.378 e. The maximum absolute atomic E-state index is 13.2. The molecule has 164 valence electrons. The van der Waals surface area contributed by atoms with Crippen LogP contribution in [0.25, 0.3) is 0 Å². The summed E-state index contributed by atoms with van der Waals surface area (Å²) in [5.74, 6) is -2.29. The number of nitrogens with zero attached hydrogens (tertiary/aromatic N) is 1. The van der Waals surface area contributed by atoms with E-state index in [4.69, 9.17) is 9.47 Å². The average Bonchev–Trinajstić information content (AvgIpc) is 3.04. The molecule has 1 aromatic carbocycles. The molecule has 0 aliphatic carbocycles. The fourth-order valence-electron chi connectivity index (χ4n) is 4.00. The summed E-state index contributed by atoms with van der Waals surface area (Å²) in [5.41, 5.74) is -1.55. The van der Waals surface area contributed by atoms with Gasteiger partial charge in [0, 0.05) is 16.9 Å². The molecule has 0 aromatic heterocycles. The van der Waals surface area contributed by atoms with Crippen LogP contribution in [0.5, 0.6) is 0 Å². The van der Waals surface area contributed by atoms with Crippen molar-refractivity contribution < 1.29 is 28.7 Å². The normalized spacial score (nSPS) is 29.2. The molecule has 2 fully saturated rings. The van der Waals surface area contributed by atoms with E-state index in [0.717, 1.165) is 5.56 Å². The van der Waals surface area contributed by atoms with Crippen molar-refractivity contribution >= 4 is 35.5 Å². The number of benzene rings is 1. The van der Waals surface area contributed by atoms with E-state index in [1.807, 2.05) is 37.3 Å². The Morgan fingerprint density at radius 3 is 2.55 bits per heavy atom. The zero-order valence-corrected chi connectivity index (χ0v) is 18.5. The van der Waals surface area contributed by atoms with Gasteiger partial charge in [0.15, 0.2) is 0 Å². The molecule has 0 radical (unpaired) electrons. The van der Waals surface area contributed by atoms with Crippen LogP contribution in [0.1, 0.15) is 33.3 Å². The van der Waals surface area contributed by atoms with Crippen LogP contribution in [0.2, 0.25) is 0 Å². The van der Waals surface area contributed by atoms with Gasteiger partial charge in [-0.3, -0.25) is 14.5 Å². The predicted octanol–water partition coefficient (Wildman–Crippen LogP) is 1.54. The summed E-state index contributed by atoms with van der Waals surface area (Å²) in [4.78, 5) is 52.2. The van der Waals surface area contributed by atoms with E-state index < -0.39 is 40.6 Å².